The maximum Gasteiger partial charge on any atom is 0.335 e. The first kappa shape index (κ1) is 15.7. The maximum absolute atomic E-state index is 11.4. The van der Waals surface area contributed by atoms with Crippen LogP contribution in [0.3, 0.4) is 0 Å². The van der Waals surface area contributed by atoms with Crippen LogP contribution < -0.4 is 0 Å². The molecule has 2 heterocycles. The largest absolute Gasteiger partial charge is 0.478 e. The van der Waals surface area contributed by atoms with Crippen molar-refractivity contribution >= 4 is 16.9 Å². The highest BCUT2D eigenvalue weighted by atomic mass is 16.7. The average molecular weight is 329 g/mol. The summed E-state index contributed by atoms with van der Waals surface area (Å²) in [7, 11) is 0. The van der Waals surface area contributed by atoms with Crippen LogP contribution in [0, 0.1) is 5.92 Å². The van der Waals surface area contributed by atoms with Crippen LogP contribution in [0.2, 0.25) is 0 Å². The molecule has 2 aliphatic rings. The second-order valence-corrected chi connectivity index (χ2v) is 7.25. The number of aromatic nitrogens is 1. The number of carboxylic acids is 1. The number of benzene rings is 1. The van der Waals surface area contributed by atoms with Crippen molar-refractivity contribution in [3.8, 4) is 0 Å². The summed E-state index contributed by atoms with van der Waals surface area (Å²) in [6, 6.07) is 5.45. The monoisotopic (exact) mass is 329 g/mol. The number of hydrogen-bond acceptors (Lipinski definition) is 3. The lowest BCUT2D eigenvalue weighted by Crippen LogP contribution is -2.37. The minimum atomic E-state index is -0.888. The summed E-state index contributed by atoms with van der Waals surface area (Å²) in [5.74, 6) is -0.872. The summed E-state index contributed by atoms with van der Waals surface area (Å²) in [4.78, 5) is 11.4. The molecular weight excluding hydrogens is 306 g/mol. The zero-order chi connectivity index (χ0) is 16.9. The van der Waals surface area contributed by atoms with Gasteiger partial charge in [0.1, 0.15) is 0 Å². The van der Waals surface area contributed by atoms with Crippen molar-refractivity contribution in [1.29, 1.82) is 0 Å². The lowest BCUT2D eigenvalue weighted by atomic mass is 9.90. The smallest absolute Gasteiger partial charge is 0.335 e. The third-order valence-electron chi connectivity index (χ3n) is 5.08. The van der Waals surface area contributed by atoms with Gasteiger partial charge >= 0.3 is 5.97 Å². The quantitative estimate of drug-likeness (QED) is 0.939. The maximum atomic E-state index is 11.4. The summed E-state index contributed by atoms with van der Waals surface area (Å²) in [6.07, 6.45) is 2.46. The van der Waals surface area contributed by atoms with E-state index in [0.717, 1.165) is 30.3 Å². The average Bonchev–Trinajstić information content (AvgIpc) is 3.11. The third kappa shape index (κ3) is 2.43. The molecule has 1 aromatic carbocycles. The van der Waals surface area contributed by atoms with Gasteiger partial charge in [-0.25, -0.2) is 4.79 Å². The highest BCUT2D eigenvalue weighted by Crippen LogP contribution is 2.40. The Hall–Kier alpha value is -1.85. The summed E-state index contributed by atoms with van der Waals surface area (Å²) in [5, 5.41) is 10.4. The van der Waals surface area contributed by atoms with Gasteiger partial charge in [-0.1, -0.05) is 13.8 Å². The molecule has 0 radical (unpaired) electrons. The van der Waals surface area contributed by atoms with Crippen LogP contribution in [-0.4, -0.2) is 34.6 Å². The molecule has 4 rings (SSSR count). The van der Waals surface area contributed by atoms with Crippen molar-refractivity contribution in [2.45, 2.75) is 45.4 Å². The van der Waals surface area contributed by atoms with Crippen molar-refractivity contribution in [2.75, 3.05) is 13.2 Å². The van der Waals surface area contributed by atoms with Crippen molar-refractivity contribution in [1.82, 2.24) is 4.57 Å². The second kappa shape index (κ2) is 5.60. The first-order valence-electron chi connectivity index (χ1n) is 8.64. The van der Waals surface area contributed by atoms with Gasteiger partial charge in [0.15, 0.2) is 5.79 Å². The number of aromatic carboxylic acids is 1. The van der Waals surface area contributed by atoms with E-state index in [0.29, 0.717) is 31.1 Å². The van der Waals surface area contributed by atoms with Gasteiger partial charge in [0.05, 0.1) is 18.8 Å². The number of hydrogen-bond donors (Lipinski definition) is 1. The highest BCUT2D eigenvalue weighted by molar-refractivity contribution is 5.95. The van der Waals surface area contributed by atoms with Gasteiger partial charge in [-0.3, -0.25) is 0 Å². The van der Waals surface area contributed by atoms with Crippen molar-refractivity contribution in [2.24, 2.45) is 5.92 Å². The van der Waals surface area contributed by atoms with E-state index in [4.69, 9.17) is 9.47 Å². The molecule has 1 aromatic heterocycles. The number of ether oxygens (including phenoxy) is 2. The highest BCUT2D eigenvalue weighted by Gasteiger charge is 2.41. The molecule has 0 bridgehead atoms. The predicted molar refractivity (Wildman–Crippen MR) is 90.4 cm³/mol. The predicted octanol–water partition coefficient (Wildman–Crippen LogP) is 3.23. The molecule has 1 fully saturated rings. The molecule has 1 aliphatic heterocycles. The fourth-order valence-electron chi connectivity index (χ4n) is 4.08. The standard InChI is InChI=1S/C19H23NO4/c1-12(2)11-20-16-4-3-13(18(21)22)9-14(16)15-10-19(6-5-17(15)20)23-7-8-24-19/h3-4,9,12H,5-8,10-11H2,1-2H3,(H,21,22). The SMILES string of the molecule is CC(C)Cn1c2c(c3cc(C(=O)O)ccc31)CC1(CC2)OCCO1. The molecule has 5 heteroatoms. The number of rotatable bonds is 3. The Kier molecular flexibility index (Phi) is 3.66. The first-order chi connectivity index (χ1) is 11.5. The third-order valence-corrected chi connectivity index (χ3v) is 5.08. The van der Waals surface area contributed by atoms with Gasteiger partial charge in [0.2, 0.25) is 0 Å². The molecule has 1 N–H and O–H groups in total. The fraction of sp³-hybridized carbons (Fsp3) is 0.526. The van der Waals surface area contributed by atoms with Crippen molar-refractivity contribution in [3.05, 3.63) is 35.0 Å². The molecule has 0 atom stereocenters. The van der Waals surface area contributed by atoms with Crippen LogP contribution in [0.5, 0.6) is 0 Å². The van der Waals surface area contributed by atoms with Crippen LogP contribution in [0.4, 0.5) is 0 Å². The minimum absolute atomic E-state index is 0.333. The van der Waals surface area contributed by atoms with E-state index >= 15 is 0 Å². The van der Waals surface area contributed by atoms with Gasteiger partial charge in [-0.2, -0.15) is 0 Å². The lowest BCUT2D eigenvalue weighted by Gasteiger charge is -2.32. The molecule has 1 aliphatic carbocycles. The summed E-state index contributed by atoms with van der Waals surface area (Å²) in [5.41, 5.74) is 3.96. The Bertz CT molecular complexity index is 799. The van der Waals surface area contributed by atoms with E-state index in [2.05, 4.69) is 18.4 Å². The van der Waals surface area contributed by atoms with Gasteiger partial charge in [0, 0.05) is 36.0 Å². The molecule has 5 nitrogen and oxygen atoms in total. The van der Waals surface area contributed by atoms with E-state index < -0.39 is 11.8 Å². The normalized spacial score (nSPS) is 19.3. The van der Waals surface area contributed by atoms with E-state index in [1.54, 1.807) is 12.1 Å². The number of fused-ring (bicyclic) bond motifs is 3. The molecule has 0 saturated carbocycles. The zero-order valence-electron chi connectivity index (χ0n) is 14.2. The number of carbonyl (C=O) groups is 1. The molecule has 128 valence electrons. The Morgan fingerprint density at radius 2 is 2.08 bits per heavy atom. The molecule has 1 saturated heterocycles. The summed E-state index contributed by atoms with van der Waals surface area (Å²) >= 11 is 0. The van der Waals surface area contributed by atoms with Crippen molar-refractivity contribution < 1.29 is 19.4 Å². The molecular formula is C19H23NO4. The van der Waals surface area contributed by atoms with E-state index in [1.165, 1.54) is 11.3 Å². The van der Waals surface area contributed by atoms with Crippen molar-refractivity contribution in [3.63, 3.8) is 0 Å². The minimum Gasteiger partial charge on any atom is -0.478 e. The lowest BCUT2D eigenvalue weighted by molar-refractivity contribution is -0.163. The van der Waals surface area contributed by atoms with Gasteiger partial charge in [-0.05, 0) is 36.1 Å². The second-order valence-electron chi connectivity index (χ2n) is 7.25. The van der Waals surface area contributed by atoms with Gasteiger partial charge in [0.25, 0.3) is 0 Å². The summed E-state index contributed by atoms with van der Waals surface area (Å²) in [6.45, 7) is 6.63. The van der Waals surface area contributed by atoms with Crippen LogP contribution in [0.25, 0.3) is 10.9 Å². The van der Waals surface area contributed by atoms with Crippen LogP contribution in [0.1, 0.15) is 41.9 Å². The molecule has 0 unspecified atom stereocenters. The zero-order valence-corrected chi connectivity index (χ0v) is 14.2. The molecule has 2 aromatic rings. The fourth-order valence-corrected chi connectivity index (χ4v) is 4.08. The van der Waals surface area contributed by atoms with Gasteiger partial charge in [-0.15, -0.1) is 0 Å². The number of carboxylic acid groups (broad SMARTS) is 1. The topological polar surface area (TPSA) is 60.7 Å². The Morgan fingerprint density at radius 3 is 2.75 bits per heavy atom. The Labute approximate surface area is 141 Å². The van der Waals surface area contributed by atoms with Crippen LogP contribution in [0.15, 0.2) is 18.2 Å². The molecule has 1 spiro atoms. The van der Waals surface area contributed by atoms with E-state index in [1.807, 2.05) is 6.07 Å². The molecule has 24 heavy (non-hydrogen) atoms. The van der Waals surface area contributed by atoms with E-state index in [9.17, 15) is 9.90 Å². The van der Waals surface area contributed by atoms with Gasteiger partial charge < -0.3 is 19.1 Å². The molecule has 0 amide bonds. The van der Waals surface area contributed by atoms with Crippen LogP contribution in [-0.2, 0) is 28.9 Å². The Balaban J connectivity index is 1.89. The first-order valence-corrected chi connectivity index (χ1v) is 8.64. The Morgan fingerprint density at radius 1 is 1.33 bits per heavy atom. The number of nitrogens with zero attached hydrogens (tertiary/aromatic N) is 1. The summed E-state index contributed by atoms with van der Waals surface area (Å²) < 4.78 is 14.2. The van der Waals surface area contributed by atoms with E-state index in [-0.39, 0.29) is 0 Å². The van der Waals surface area contributed by atoms with Crippen LogP contribution >= 0.6 is 0 Å².